The summed E-state index contributed by atoms with van der Waals surface area (Å²) in [5.41, 5.74) is 7.90. The van der Waals surface area contributed by atoms with Gasteiger partial charge in [0, 0.05) is 65.8 Å². The Balaban J connectivity index is 1.13. The summed E-state index contributed by atoms with van der Waals surface area (Å²) in [7, 11) is 0. The van der Waals surface area contributed by atoms with Crippen LogP contribution < -0.4 is 14.5 Å². The van der Waals surface area contributed by atoms with Gasteiger partial charge in [-0.05, 0) is 72.8 Å². The molecule has 0 atom stereocenters. The van der Waals surface area contributed by atoms with E-state index >= 15 is 0 Å². The van der Waals surface area contributed by atoms with Gasteiger partial charge >= 0.3 is 0 Å². The maximum absolute atomic E-state index is 6.65. The molecule has 1 aliphatic rings. The highest BCUT2D eigenvalue weighted by molar-refractivity contribution is 7.25. The molecule has 3 heterocycles. The molecule has 47 heavy (non-hydrogen) atoms. The molecule has 0 unspecified atom stereocenters. The van der Waals surface area contributed by atoms with Crippen molar-refractivity contribution in [2.45, 2.75) is 0 Å². The van der Waals surface area contributed by atoms with Crippen molar-refractivity contribution in [3.05, 3.63) is 158 Å². The molecule has 7 aromatic carbocycles. The average molecular weight is 623 g/mol. The Kier molecular flexibility index (Phi) is 5.71. The summed E-state index contributed by atoms with van der Waals surface area (Å²) in [5, 5.41) is 4.81. The Morgan fingerprint density at radius 2 is 1.13 bits per heavy atom. The minimum Gasteiger partial charge on any atom is -0.456 e. The third kappa shape index (κ3) is 4.14. The number of fused-ring (bicyclic) bond motifs is 8. The molecule has 9 aromatic rings. The van der Waals surface area contributed by atoms with Gasteiger partial charge in [0.1, 0.15) is 11.2 Å². The first-order valence-corrected chi connectivity index (χ1v) is 16.5. The second kappa shape index (κ2) is 10.2. The van der Waals surface area contributed by atoms with Gasteiger partial charge < -0.3 is 19.0 Å². The predicted octanol–water partition coefficient (Wildman–Crippen LogP) is 13.0. The van der Waals surface area contributed by atoms with E-state index in [0.717, 1.165) is 67.6 Å². The standard InChI is InChI=1S/C42H26N2O2S/c1-2-10-27(11-3-1)43(28-18-21-32-31-12-4-7-15-37(31)45-39(32)24-28)29-20-23-36-40(25-29)46-38-16-8-6-14-35(38)44(36)30-19-22-34-33-13-5-9-17-41(33)47-42(34)26-30/h1-26H. The number of para-hydroxylation sites is 4. The van der Waals surface area contributed by atoms with Crippen molar-refractivity contribution in [1.82, 2.24) is 0 Å². The zero-order chi connectivity index (χ0) is 30.9. The van der Waals surface area contributed by atoms with E-state index in [4.69, 9.17) is 9.15 Å². The van der Waals surface area contributed by atoms with E-state index in [2.05, 4.69) is 137 Å². The molecule has 0 bridgehead atoms. The maximum atomic E-state index is 6.65. The molecular weight excluding hydrogens is 597 g/mol. The lowest BCUT2D eigenvalue weighted by Crippen LogP contribution is -2.16. The SMILES string of the molecule is c1ccc(N(c2ccc3c(c2)Oc2ccccc2N3c2ccc3c(c2)sc2ccccc23)c2ccc3c(c2)oc2ccccc23)cc1. The van der Waals surface area contributed by atoms with Gasteiger partial charge in [0.15, 0.2) is 11.5 Å². The van der Waals surface area contributed by atoms with Gasteiger partial charge in [-0.2, -0.15) is 0 Å². The van der Waals surface area contributed by atoms with Gasteiger partial charge in [0.2, 0.25) is 0 Å². The molecule has 1 aliphatic heterocycles. The smallest absolute Gasteiger partial charge is 0.153 e. The third-order valence-corrected chi connectivity index (χ3v) is 10.2. The quantitative estimate of drug-likeness (QED) is 0.195. The molecule has 0 spiro atoms. The van der Waals surface area contributed by atoms with Gasteiger partial charge in [-0.15, -0.1) is 11.3 Å². The summed E-state index contributed by atoms with van der Waals surface area (Å²) in [4.78, 5) is 4.57. The number of ether oxygens (including phenoxy) is 1. The zero-order valence-electron chi connectivity index (χ0n) is 25.1. The van der Waals surface area contributed by atoms with Crippen molar-refractivity contribution in [2.24, 2.45) is 0 Å². The van der Waals surface area contributed by atoms with Crippen molar-refractivity contribution >= 4 is 87.6 Å². The van der Waals surface area contributed by atoms with Crippen LogP contribution in [0, 0.1) is 0 Å². The predicted molar refractivity (Wildman–Crippen MR) is 196 cm³/mol. The second-order valence-electron chi connectivity index (χ2n) is 11.8. The first-order chi connectivity index (χ1) is 23.3. The van der Waals surface area contributed by atoms with Gasteiger partial charge in [0.05, 0.1) is 11.4 Å². The van der Waals surface area contributed by atoms with Gasteiger partial charge in [-0.3, -0.25) is 0 Å². The molecule has 10 rings (SSSR count). The molecule has 4 nitrogen and oxygen atoms in total. The van der Waals surface area contributed by atoms with Crippen molar-refractivity contribution in [1.29, 1.82) is 0 Å². The lowest BCUT2D eigenvalue weighted by Gasteiger charge is -2.34. The molecule has 0 N–H and O–H groups in total. The molecule has 0 fully saturated rings. The summed E-state index contributed by atoms with van der Waals surface area (Å²) >= 11 is 1.83. The van der Waals surface area contributed by atoms with Crippen LogP contribution in [0.3, 0.4) is 0 Å². The average Bonchev–Trinajstić information content (AvgIpc) is 3.68. The highest BCUT2D eigenvalue weighted by Gasteiger charge is 2.27. The van der Waals surface area contributed by atoms with Crippen LogP contribution in [0.2, 0.25) is 0 Å². The number of nitrogens with zero attached hydrogens (tertiary/aromatic N) is 2. The van der Waals surface area contributed by atoms with Crippen molar-refractivity contribution < 1.29 is 9.15 Å². The molecule has 222 valence electrons. The van der Waals surface area contributed by atoms with Gasteiger partial charge in [0.25, 0.3) is 0 Å². The van der Waals surface area contributed by atoms with Gasteiger partial charge in [-0.1, -0.05) is 72.8 Å². The Labute approximate surface area is 274 Å². The highest BCUT2D eigenvalue weighted by Crippen LogP contribution is 2.53. The van der Waals surface area contributed by atoms with E-state index < -0.39 is 0 Å². The Morgan fingerprint density at radius 1 is 0.447 bits per heavy atom. The number of hydrogen-bond acceptors (Lipinski definition) is 5. The van der Waals surface area contributed by atoms with Crippen LogP contribution in [0.5, 0.6) is 11.5 Å². The molecule has 0 saturated heterocycles. The normalized spacial score (nSPS) is 12.4. The summed E-state index contributed by atoms with van der Waals surface area (Å²) in [6.45, 7) is 0. The van der Waals surface area contributed by atoms with Crippen LogP contribution in [0.1, 0.15) is 0 Å². The van der Waals surface area contributed by atoms with Crippen LogP contribution in [0.15, 0.2) is 162 Å². The molecule has 5 heteroatoms. The van der Waals surface area contributed by atoms with Crippen LogP contribution in [-0.2, 0) is 0 Å². The number of benzene rings is 7. The van der Waals surface area contributed by atoms with Crippen molar-refractivity contribution in [3.8, 4) is 11.5 Å². The van der Waals surface area contributed by atoms with Crippen LogP contribution >= 0.6 is 11.3 Å². The summed E-state index contributed by atoms with van der Waals surface area (Å²) < 4.78 is 15.5. The van der Waals surface area contributed by atoms with Gasteiger partial charge in [-0.25, -0.2) is 0 Å². The molecule has 2 aromatic heterocycles. The third-order valence-electron chi connectivity index (χ3n) is 9.02. The number of rotatable bonds is 4. The van der Waals surface area contributed by atoms with E-state index in [1.807, 2.05) is 41.7 Å². The molecular formula is C42H26N2O2S. The largest absolute Gasteiger partial charge is 0.456 e. The first-order valence-electron chi connectivity index (χ1n) is 15.7. The topological polar surface area (TPSA) is 28.9 Å². The van der Waals surface area contributed by atoms with E-state index in [1.165, 1.54) is 20.2 Å². The Hall–Kier alpha value is -6.04. The Morgan fingerprint density at radius 3 is 2.06 bits per heavy atom. The van der Waals surface area contributed by atoms with E-state index in [9.17, 15) is 0 Å². The monoisotopic (exact) mass is 622 g/mol. The number of furan rings is 1. The molecule has 0 amide bonds. The van der Waals surface area contributed by atoms with Crippen molar-refractivity contribution in [3.63, 3.8) is 0 Å². The minimum absolute atomic E-state index is 0.795. The zero-order valence-corrected chi connectivity index (χ0v) is 25.9. The molecule has 0 saturated carbocycles. The van der Waals surface area contributed by atoms with E-state index in [1.54, 1.807) is 0 Å². The summed E-state index contributed by atoms with van der Waals surface area (Å²) in [6, 6.07) is 55.2. The van der Waals surface area contributed by atoms with Crippen LogP contribution in [0.25, 0.3) is 42.1 Å². The van der Waals surface area contributed by atoms with Crippen molar-refractivity contribution in [2.75, 3.05) is 9.80 Å². The summed E-state index contributed by atoms with van der Waals surface area (Å²) in [6.07, 6.45) is 0. The van der Waals surface area contributed by atoms with Crippen LogP contribution in [-0.4, -0.2) is 0 Å². The molecule has 0 aliphatic carbocycles. The van der Waals surface area contributed by atoms with E-state index in [0.29, 0.717) is 0 Å². The molecule has 0 radical (unpaired) electrons. The second-order valence-corrected chi connectivity index (χ2v) is 12.9. The summed E-state index contributed by atoms with van der Waals surface area (Å²) in [5.74, 6) is 1.62. The highest BCUT2D eigenvalue weighted by atomic mass is 32.1. The fourth-order valence-electron chi connectivity index (χ4n) is 6.89. The number of thiophene rings is 1. The lowest BCUT2D eigenvalue weighted by atomic mass is 10.1. The van der Waals surface area contributed by atoms with E-state index in [-0.39, 0.29) is 0 Å². The fraction of sp³-hybridized carbons (Fsp3) is 0. The lowest BCUT2D eigenvalue weighted by molar-refractivity contribution is 0.477. The van der Waals surface area contributed by atoms with Crippen LogP contribution in [0.4, 0.5) is 34.1 Å². The fourth-order valence-corrected chi connectivity index (χ4v) is 8.03. The maximum Gasteiger partial charge on any atom is 0.153 e. The number of hydrogen-bond donors (Lipinski definition) is 0. The Bertz CT molecular complexity index is 2640. The number of anilines is 6. The minimum atomic E-state index is 0.795. The first kappa shape index (κ1) is 26.2.